The van der Waals surface area contributed by atoms with Gasteiger partial charge >= 0.3 is 0 Å². The largest absolute Gasteiger partial charge is 0.448 e. The van der Waals surface area contributed by atoms with Gasteiger partial charge in [0, 0.05) is 4.47 Å². The Morgan fingerprint density at radius 2 is 2.00 bits per heavy atom. The molecule has 84 valence electrons. The summed E-state index contributed by atoms with van der Waals surface area (Å²) in [6.07, 6.45) is 0.714. The number of rotatable bonds is 3. The maximum atomic E-state index is 6.04. The molecular weight excluding hydrogens is 289 g/mol. The fourth-order valence-corrected chi connectivity index (χ4v) is 2.13. The van der Waals surface area contributed by atoms with Crippen LogP contribution in [0, 0.1) is 0 Å². The summed E-state index contributed by atoms with van der Waals surface area (Å²) in [5.41, 5.74) is 7.19. The Kier molecular flexibility index (Phi) is 3.69. The topological polar surface area (TPSA) is 39.2 Å². The zero-order chi connectivity index (χ0) is 11.5. The Bertz CT molecular complexity index is 483. The maximum absolute atomic E-state index is 6.04. The number of hydrogen-bond acceptors (Lipinski definition) is 2. The van der Waals surface area contributed by atoms with E-state index in [1.165, 1.54) is 0 Å². The van der Waals surface area contributed by atoms with E-state index in [0.717, 1.165) is 10.0 Å². The van der Waals surface area contributed by atoms with Crippen LogP contribution in [0.15, 0.2) is 45.3 Å². The molecule has 2 aromatic rings. The van der Waals surface area contributed by atoms with E-state index >= 15 is 0 Å². The quantitative estimate of drug-likeness (QED) is 0.932. The van der Waals surface area contributed by atoms with Crippen LogP contribution in [0.25, 0.3) is 0 Å². The van der Waals surface area contributed by atoms with Gasteiger partial charge in [-0.25, -0.2) is 0 Å². The molecule has 1 heterocycles. The highest BCUT2D eigenvalue weighted by Crippen LogP contribution is 2.24. The third-order valence-corrected chi connectivity index (χ3v) is 3.33. The SMILES string of the molecule is NC(Cc1ccccc1Br)c1ccc(Cl)o1. The number of nitrogens with two attached hydrogens (primary N) is 1. The molecule has 0 amide bonds. The molecule has 0 aliphatic heterocycles. The molecule has 0 aliphatic carbocycles. The molecule has 0 saturated carbocycles. The first-order valence-corrected chi connectivity index (χ1v) is 6.08. The number of furan rings is 1. The van der Waals surface area contributed by atoms with Gasteiger partial charge in [0.2, 0.25) is 0 Å². The predicted molar refractivity (Wildman–Crippen MR) is 68.5 cm³/mol. The summed E-state index contributed by atoms with van der Waals surface area (Å²) < 4.78 is 6.34. The van der Waals surface area contributed by atoms with Gasteiger partial charge in [0.25, 0.3) is 0 Å². The van der Waals surface area contributed by atoms with Crippen molar-refractivity contribution in [3.8, 4) is 0 Å². The molecule has 4 heteroatoms. The molecular formula is C12H11BrClNO. The third-order valence-electron chi connectivity index (χ3n) is 2.36. The summed E-state index contributed by atoms with van der Waals surface area (Å²) in [7, 11) is 0. The summed E-state index contributed by atoms with van der Waals surface area (Å²) in [4.78, 5) is 0. The van der Waals surface area contributed by atoms with Crippen LogP contribution in [0.4, 0.5) is 0 Å². The Balaban J connectivity index is 2.13. The van der Waals surface area contributed by atoms with E-state index < -0.39 is 0 Å². The lowest BCUT2D eigenvalue weighted by Gasteiger charge is -2.10. The van der Waals surface area contributed by atoms with Crippen LogP contribution in [0.2, 0.25) is 5.22 Å². The van der Waals surface area contributed by atoms with Crippen molar-refractivity contribution in [3.05, 3.63) is 57.4 Å². The van der Waals surface area contributed by atoms with Crippen molar-refractivity contribution in [3.63, 3.8) is 0 Å². The molecule has 1 aromatic heterocycles. The first-order chi connectivity index (χ1) is 7.66. The summed E-state index contributed by atoms with van der Waals surface area (Å²) >= 11 is 9.20. The number of hydrogen-bond donors (Lipinski definition) is 1. The van der Waals surface area contributed by atoms with E-state index in [9.17, 15) is 0 Å². The van der Waals surface area contributed by atoms with Gasteiger partial charge < -0.3 is 10.2 Å². The molecule has 0 saturated heterocycles. The molecule has 0 bridgehead atoms. The lowest BCUT2D eigenvalue weighted by Crippen LogP contribution is -2.12. The van der Waals surface area contributed by atoms with Gasteiger partial charge in [0.1, 0.15) is 5.76 Å². The normalized spacial score (nSPS) is 12.7. The van der Waals surface area contributed by atoms with Crippen LogP contribution in [0.5, 0.6) is 0 Å². The molecule has 2 N–H and O–H groups in total. The lowest BCUT2D eigenvalue weighted by molar-refractivity contribution is 0.466. The highest BCUT2D eigenvalue weighted by atomic mass is 79.9. The van der Waals surface area contributed by atoms with Crippen molar-refractivity contribution in [2.75, 3.05) is 0 Å². The Morgan fingerprint density at radius 3 is 2.62 bits per heavy atom. The van der Waals surface area contributed by atoms with Crippen molar-refractivity contribution in [1.29, 1.82) is 0 Å². The van der Waals surface area contributed by atoms with Gasteiger partial charge in [-0.05, 0) is 41.8 Å². The molecule has 0 radical (unpaired) electrons. The highest BCUT2D eigenvalue weighted by molar-refractivity contribution is 9.10. The summed E-state index contributed by atoms with van der Waals surface area (Å²) in [6, 6.07) is 11.3. The van der Waals surface area contributed by atoms with Gasteiger partial charge in [-0.2, -0.15) is 0 Å². The van der Waals surface area contributed by atoms with E-state index in [1.54, 1.807) is 6.07 Å². The summed E-state index contributed by atoms with van der Waals surface area (Å²) in [5.74, 6) is 0.709. The molecule has 0 spiro atoms. The third kappa shape index (κ3) is 2.67. The fraction of sp³-hybridized carbons (Fsp3) is 0.167. The van der Waals surface area contributed by atoms with Crippen molar-refractivity contribution < 1.29 is 4.42 Å². The zero-order valence-corrected chi connectivity index (χ0v) is 10.8. The highest BCUT2D eigenvalue weighted by Gasteiger charge is 2.12. The van der Waals surface area contributed by atoms with Gasteiger partial charge in [-0.3, -0.25) is 0 Å². The van der Waals surface area contributed by atoms with Gasteiger partial charge in [-0.1, -0.05) is 34.1 Å². The van der Waals surface area contributed by atoms with Crippen LogP contribution in [0.1, 0.15) is 17.4 Å². The lowest BCUT2D eigenvalue weighted by atomic mass is 10.1. The fourth-order valence-electron chi connectivity index (χ4n) is 1.53. The zero-order valence-electron chi connectivity index (χ0n) is 8.49. The maximum Gasteiger partial charge on any atom is 0.193 e. The van der Waals surface area contributed by atoms with Crippen LogP contribution >= 0.6 is 27.5 Å². The van der Waals surface area contributed by atoms with Crippen LogP contribution in [-0.4, -0.2) is 0 Å². The molecule has 0 fully saturated rings. The molecule has 1 atom stereocenters. The Morgan fingerprint density at radius 1 is 1.25 bits per heavy atom. The molecule has 2 rings (SSSR count). The second-order valence-corrected chi connectivity index (χ2v) is 4.77. The minimum absolute atomic E-state index is 0.175. The molecule has 1 unspecified atom stereocenters. The Hall–Kier alpha value is -0.770. The van der Waals surface area contributed by atoms with E-state index in [1.807, 2.05) is 30.3 Å². The van der Waals surface area contributed by atoms with Crippen molar-refractivity contribution in [2.24, 2.45) is 5.73 Å². The van der Waals surface area contributed by atoms with E-state index in [2.05, 4.69) is 15.9 Å². The van der Waals surface area contributed by atoms with E-state index in [0.29, 0.717) is 17.4 Å². The molecule has 0 aliphatic rings. The monoisotopic (exact) mass is 299 g/mol. The van der Waals surface area contributed by atoms with Crippen LogP contribution < -0.4 is 5.73 Å². The van der Waals surface area contributed by atoms with Gasteiger partial charge in [-0.15, -0.1) is 0 Å². The van der Waals surface area contributed by atoms with Crippen molar-refractivity contribution in [2.45, 2.75) is 12.5 Å². The molecule has 16 heavy (non-hydrogen) atoms. The smallest absolute Gasteiger partial charge is 0.193 e. The minimum Gasteiger partial charge on any atom is -0.448 e. The average Bonchev–Trinajstić information content (AvgIpc) is 2.68. The van der Waals surface area contributed by atoms with Crippen molar-refractivity contribution in [1.82, 2.24) is 0 Å². The first-order valence-electron chi connectivity index (χ1n) is 4.91. The summed E-state index contributed by atoms with van der Waals surface area (Å²) in [5, 5.41) is 0.373. The van der Waals surface area contributed by atoms with Crippen molar-refractivity contribution >= 4 is 27.5 Å². The second kappa shape index (κ2) is 5.04. The molecule has 1 aromatic carbocycles. The van der Waals surface area contributed by atoms with E-state index in [4.69, 9.17) is 21.8 Å². The van der Waals surface area contributed by atoms with Gasteiger partial charge in [0.15, 0.2) is 5.22 Å². The van der Waals surface area contributed by atoms with E-state index in [-0.39, 0.29) is 6.04 Å². The Labute approximate surface area is 108 Å². The van der Waals surface area contributed by atoms with Crippen LogP contribution in [-0.2, 0) is 6.42 Å². The van der Waals surface area contributed by atoms with Gasteiger partial charge in [0.05, 0.1) is 6.04 Å². The average molecular weight is 301 g/mol. The minimum atomic E-state index is -0.175. The molecule has 2 nitrogen and oxygen atoms in total. The number of benzene rings is 1. The van der Waals surface area contributed by atoms with Crippen LogP contribution in [0.3, 0.4) is 0 Å². The first kappa shape index (κ1) is 11.7. The predicted octanol–water partition coefficient (Wildman–Crippen LogP) is 3.94. The summed E-state index contributed by atoms with van der Waals surface area (Å²) in [6.45, 7) is 0. The second-order valence-electron chi connectivity index (χ2n) is 3.54. The standard InChI is InChI=1S/C12H11BrClNO/c13-9-4-2-1-3-8(9)7-10(15)11-5-6-12(14)16-11/h1-6,10H,7,15H2. The number of halogens is 2.